The van der Waals surface area contributed by atoms with E-state index in [1.165, 1.54) is 0 Å². The second-order valence-corrected chi connectivity index (χ2v) is 7.74. The molecule has 1 amide bonds. The van der Waals surface area contributed by atoms with Crippen molar-refractivity contribution in [3.8, 4) is 28.6 Å². The number of anilines is 1. The summed E-state index contributed by atoms with van der Waals surface area (Å²) in [5.41, 5.74) is 2.53. The molecule has 1 aromatic heterocycles. The van der Waals surface area contributed by atoms with Gasteiger partial charge in [0.2, 0.25) is 5.13 Å². The molecule has 1 atom stereocenters. The number of nitrogens with zero attached hydrogens (tertiary/aromatic N) is 2. The fourth-order valence-electron chi connectivity index (χ4n) is 2.81. The van der Waals surface area contributed by atoms with Crippen molar-refractivity contribution < 1.29 is 19.0 Å². The lowest BCUT2D eigenvalue weighted by molar-refractivity contribution is -0.122. The first-order valence-corrected chi connectivity index (χ1v) is 10.3. The number of benzene rings is 2. The molecule has 2 aromatic carbocycles. The minimum absolute atomic E-state index is 0.324. The molecule has 0 bridgehead atoms. The van der Waals surface area contributed by atoms with Crippen molar-refractivity contribution in [1.29, 1.82) is 0 Å². The van der Waals surface area contributed by atoms with Crippen LogP contribution >= 0.6 is 23.1 Å². The van der Waals surface area contributed by atoms with E-state index in [4.69, 9.17) is 25.8 Å². The molecule has 0 spiro atoms. The van der Waals surface area contributed by atoms with Gasteiger partial charge in [-0.1, -0.05) is 11.6 Å². The number of nitrogens with one attached hydrogen (secondary N) is 1. The van der Waals surface area contributed by atoms with E-state index < -0.39 is 6.10 Å². The monoisotopic (exact) mass is 447 g/mol. The number of aromatic nitrogens is 2. The lowest BCUT2D eigenvalue weighted by Crippen LogP contribution is -2.30. The maximum atomic E-state index is 12.5. The number of amides is 1. The maximum Gasteiger partial charge on any atom is 0.266 e. The van der Waals surface area contributed by atoms with Crippen LogP contribution in [-0.2, 0) is 4.79 Å². The summed E-state index contributed by atoms with van der Waals surface area (Å²) in [6, 6.07) is 8.99. The SMILES string of the molecule is COc1ccc(-c2nsc(NC(=O)C(C)Oc3cc(C)c(Cl)c(C)c3)n2)cc1OC. The molecule has 0 saturated carbocycles. The summed E-state index contributed by atoms with van der Waals surface area (Å²) in [7, 11) is 3.13. The summed E-state index contributed by atoms with van der Waals surface area (Å²) in [6.07, 6.45) is -0.724. The van der Waals surface area contributed by atoms with Gasteiger partial charge in [-0.2, -0.15) is 9.36 Å². The topological polar surface area (TPSA) is 82.6 Å². The second-order valence-electron chi connectivity index (χ2n) is 6.61. The Morgan fingerprint density at radius 1 is 1.10 bits per heavy atom. The van der Waals surface area contributed by atoms with Crippen molar-refractivity contribution >= 4 is 34.2 Å². The number of rotatable bonds is 7. The molecule has 0 radical (unpaired) electrons. The normalized spacial score (nSPS) is 11.7. The molecule has 0 aliphatic rings. The Balaban J connectivity index is 1.69. The van der Waals surface area contributed by atoms with Gasteiger partial charge in [-0.25, -0.2) is 0 Å². The smallest absolute Gasteiger partial charge is 0.266 e. The van der Waals surface area contributed by atoms with Crippen LogP contribution < -0.4 is 19.5 Å². The molecular formula is C21H22ClN3O4S. The molecule has 1 N–H and O–H groups in total. The van der Waals surface area contributed by atoms with Crippen molar-refractivity contribution in [3.63, 3.8) is 0 Å². The Kier molecular flexibility index (Phi) is 6.79. The zero-order valence-electron chi connectivity index (χ0n) is 17.3. The maximum absolute atomic E-state index is 12.5. The van der Waals surface area contributed by atoms with Gasteiger partial charge in [0.15, 0.2) is 23.4 Å². The van der Waals surface area contributed by atoms with E-state index in [2.05, 4.69) is 14.7 Å². The van der Waals surface area contributed by atoms with Gasteiger partial charge in [0.05, 0.1) is 14.2 Å². The predicted molar refractivity (Wildman–Crippen MR) is 118 cm³/mol. The first-order chi connectivity index (χ1) is 14.3. The molecule has 158 valence electrons. The Hall–Kier alpha value is -2.84. The number of halogens is 1. The van der Waals surface area contributed by atoms with Crippen molar-refractivity contribution in [2.75, 3.05) is 19.5 Å². The number of hydrogen-bond acceptors (Lipinski definition) is 7. The van der Waals surface area contributed by atoms with Crippen molar-refractivity contribution in [2.45, 2.75) is 26.9 Å². The van der Waals surface area contributed by atoms with Gasteiger partial charge >= 0.3 is 0 Å². The number of methoxy groups -OCH3 is 2. The Morgan fingerprint density at radius 2 is 1.77 bits per heavy atom. The fourth-order valence-corrected chi connectivity index (χ4v) is 3.51. The molecule has 0 aliphatic carbocycles. The molecule has 3 aromatic rings. The highest BCUT2D eigenvalue weighted by Crippen LogP contribution is 2.32. The number of carbonyl (C=O) groups excluding carboxylic acids is 1. The molecule has 7 nitrogen and oxygen atoms in total. The Labute approximate surface area is 184 Å². The third-order valence-electron chi connectivity index (χ3n) is 4.39. The highest BCUT2D eigenvalue weighted by atomic mass is 35.5. The number of hydrogen-bond donors (Lipinski definition) is 1. The van der Waals surface area contributed by atoms with E-state index in [1.54, 1.807) is 45.4 Å². The van der Waals surface area contributed by atoms with E-state index in [0.29, 0.717) is 33.2 Å². The molecule has 0 aliphatic heterocycles. The molecule has 9 heteroatoms. The summed E-state index contributed by atoms with van der Waals surface area (Å²) in [5, 5.41) is 3.81. The number of aryl methyl sites for hydroxylation is 2. The van der Waals surface area contributed by atoms with Crippen molar-refractivity contribution in [3.05, 3.63) is 46.5 Å². The third kappa shape index (κ3) is 4.83. The van der Waals surface area contributed by atoms with Crippen LogP contribution in [0.2, 0.25) is 5.02 Å². The van der Waals surface area contributed by atoms with Gasteiger partial charge in [0.25, 0.3) is 5.91 Å². The molecule has 0 fully saturated rings. The second kappa shape index (κ2) is 9.32. The Morgan fingerprint density at radius 3 is 2.40 bits per heavy atom. The molecule has 3 rings (SSSR count). The van der Waals surface area contributed by atoms with Gasteiger partial charge in [0, 0.05) is 22.1 Å². The van der Waals surface area contributed by atoms with Crippen LogP contribution in [-0.4, -0.2) is 35.6 Å². The highest BCUT2D eigenvalue weighted by Gasteiger charge is 2.18. The molecule has 1 unspecified atom stereocenters. The Bertz CT molecular complexity index is 1050. The molecular weight excluding hydrogens is 426 g/mol. The number of ether oxygens (including phenoxy) is 3. The van der Waals surface area contributed by atoms with Crippen LogP contribution in [0.15, 0.2) is 30.3 Å². The molecule has 0 saturated heterocycles. The van der Waals surface area contributed by atoms with E-state index in [0.717, 1.165) is 28.2 Å². The van der Waals surface area contributed by atoms with E-state index in [-0.39, 0.29) is 5.91 Å². The summed E-state index contributed by atoms with van der Waals surface area (Å²) in [6.45, 7) is 5.46. The molecule has 30 heavy (non-hydrogen) atoms. The van der Waals surface area contributed by atoms with Crippen LogP contribution in [0.3, 0.4) is 0 Å². The zero-order chi connectivity index (χ0) is 21.8. The average Bonchev–Trinajstić information content (AvgIpc) is 3.19. The van der Waals surface area contributed by atoms with Crippen molar-refractivity contribution in [2.24, 2.45) is 0 Å². The van der Waals surface area contributed by atoms with Crippen LogP contribution in [0.4, 0.5) is 5.13 Å². The summed E-state index contributed by atoms with van der Waals surface area (Å²) in [4.78, 5) is 16.9. The molecule has 1 heterocycles. The minimum atomic E-state index is -0.724. The third-order valence-corrected chi connectivity index (χ3v) is 5.62. The lowest BCUT2D eigenvalue weighted by Gasteiger charge is -2.15. The van der Waals surface area contributed by atoms with Crippen LogP contribution in [0, 0.1) is 13.8 Å². The summed E-state index contributed by atoms with van der Waals surface area (Å²) in [5.74, 6) is 1.93. The predicted octanol–water partition coefficient (Wildman–Crippen LogP) is 4.90. The van der Waals surface area contributed by atoms with Gasteiger partial charge < -0.3 is 14.2 Å². The zero-order valence-corrected chi connectivity index (χ0v) is 18.9. The van der Waals surface area contributed by atoms with Crippen molar-refractivity contribution in [1.82, 2.24) is 9.36 Å². The number of carbonyl (C=O) groups is 1. The highest BCUT2D eigenvalue weighted by molar-refractivity contribution is 7.10. The van der Waals surface area contributed by atoms with Gasteiger partial charge in [-0.05, 0) is 62.2 Å². The van der Waals surface area contributed by atoms with Crippen LogP contribution in [0.5, 0.6) is 17.2 Å². The van der Waals surface area contributed by atoms with Gasteiger partial charge in [-0.3, -0.25) is 10.1 Å². The standard InChI is InChI=1S/C21H22ClN3O4S/c1-11-8-15(9-12(2)18(11)22)29-13(3)20(26)24-21-23-19(25-30-21)14-6-7-16(27-4)17(10-14)28-5/h6-10,13H,1-5H3,(H,23,24,25,26). The van der Waals surface area contributed by atoms with E-state index in [1.807, 2.05) is 19.9 Å². The first-order valence-electron chi connectivity index (χ1n) is 9.12. The minimum Gasteiger partial charge on any atom is -0.493 e. The van der Waals surface area contributed by atoms with E-state index >= 15 is 0 Å². The van der Waals surface area contributed by atoms with Crippen LogP contribution in [0.25, 0.3) is 11.4 Å². The first kappa shape index (κ1) is 21.9. The largest absolute Gasteiger partial charge is 0.493 e. The summed E-state index contributed by atoms with van der Waals surface area (Å²) >= 11 is 7.27. The average molecular weight is 448 g/mol. The van der Waals surface area contributed by atoms with Crippen LogP contribution in [0.1, 0.15) is 18.1 Å². The quantitative estimate of drug-likeness (QED) is 0.554. The van der Waals surface area contributed by atoms with Gasteiger partial charge in [0.1, 0.15) is 5.75 Å². The lowest BCUT2D eigenvalue weighted by atomic mass is 10.1. The van der Waals surface area contributed by atoms with E-state index in [9.17, 15) is 4.79 Å². The summed E-state index contributed by atoms with van der Waals surface area (Å²) < 4.78 is 20.6. The van der Waals surface area contributed by atoms with Gasteiger partial charge in [-0.15, -0.1) is 0 Å². The fraction of sp³-hybridized carbons (Fsp3) is 0.286.